The summed E-state index contributed by atoms with van der Waals surface area (Å²) in [7, 11) is 0. The number of likely N-dealkylation sites (tertiary alicyclic amines) is 2. The second kappa shape index (κ2) is 15.0. The van der Waals surface area contributed by atoms with E-state index >= 15 is 0 Å². The maximum Gasteiger partial charge on any atom is 0.138 e. The average Bonchev–Trinajstić information content (AvgIpc) is 2.86. The number of aryl methyl sites for hydroxylation is 1. The number of likely N-dealkylation sites (N-methyl/N-ethyl adjacent to an activating group) is 1. The number of hydrogen-bond donors (Lipinski definition) is 0. The summed E-state index contributed by atoms with van der Waals surface area (Å²) in [5.74, 6) is 1.46. The molecule has 2 aliphatic heterocycles. The summed E-state index contributed by atoms with van der Waals surface area (Å²) in [6.45, 7) is 23.9. The first-order valence-corrected chi connectivity index (χ1v) is 16.4. The zero-order valence-electron chi connectivity index (χ0n) is 27.2. The third-order valence-corrected chi connectivity index (χ3v) is 9.10. The minimum Gasteiger partial charge on any atom is -0.489 e. The number of piperidine rings is 1. The minimum atomic E-state index is -0.0877. The summed E-state index contributed by atoms with van der Waals surface area (Å²) >= 11 is 0. The molecule has 1 aromatic heterocycles. The molecule has 1 atom stereocenters. The molecule has 7 heteroatoms. The number of ether oxygens (including phenoxy) is 4. The van der Waals surface area contributed by atoms with E-state index in [1.165, 1.54) is 0 Å². The highest BCUT2D eigenvalue weighted by molar-refractivity contribution is 5.20. The molecule has 3 heterocycles. The van der Waals surface area contributed by atoms with Gasteiger partial charge in [-0.15, -0.1) is 0 Å². The maximum atomic E-state index is 6.29. The Hall–Kier alpha value is -1.25. The van der Waals surface area contributed by atoms with E-state index in [9.17, 15) is 0 Å². The van der Waals surface area contributed by atoms with Crippen LogP contribution in [0.1, 0.15) is 92.7 Å². The molecular weight excluding hydrogens is 514 g/mol. The summed E-state index contributed by atoms with van der Waals surface area (Å²) in [6, 6.07) is 4.21. The Morgan fingerprint density at radius 2 is 1.61 bits per heavy atom. The number of nitrogens with zero attached hydrogens (tertiary/aromatic N) is 3. The Morgan fingerprint density at radius 1 is 0.878 bits per heavy atom. The van der Waals surface area contributed by atoms with E-state index in [4.69, 9.17) is 23.9 Å². The fraction of sp³-hybridized carbons (Fsp3) is 0.853. The molecule has 0 amide bonds. The first-order valence-electron chi connectivity index (χ1n) is 16.4. The van der Waals surface area contributed by atoms with Crippen molar-refractivity contribution in [3.8, 4) is 5.75 Å². The Labute approximate surface area is 250 Å². The van der Waals surface area contributed by atoms with Gasteiger partial charge in [-0.2, -0.15) is 0 Å². The quantitative estimate of drug-likeness (QED) is 0.239. The topological polar surface area (TPSA) is 56.3 Å². The molecular formula is C34H59N3O4. The number of rotatable bonds is 15. The van der Waals surface area contributed by atoms with Crippen LogP contribution in [0.15, 0.2) is 18.3 Å². The van der Waals surface area contributed by atoms with Crippen molar-refractivity contribution >= 4 is 0 Å². The second-order valence-corrected chi connectivity index (χ2v) is 14.7. The van der Waals surface area contributed by atoms with Crippen LogP contribution in [0.4, 0.5) is 0 Å². The van der Waals surface area contributed by atoms with Gasteiger partial charge in [-0.25, -0.2) is 0 Å². The van der Waals surface area contributed by atoms with E-state index in [0.717, 1.165) is 109 Å². The molecule has 3 aliphatic rings. The van der Waals surface area contributed by atoms with Gasteiger partial charge in [-0.3, -0.25) is 9.88 Å². The lowest BCUT2D eigenvalue weighted by molar-refractivity contribution is -0.126. The van der Waals surface area contributed by atoms with Gasteiger partial charge in [0.25, 0.3) is 0 Å². The third-order valence-electron chi connectivity index (χ3n) is 9.10. The molecule has 7 nitrogen and oxygen atoms in total. The Balaban J connectivity index is 1.07. The summed E-state index contributed by atoms with van der Waals surface area (Å²) < 4.78 is 24.6. The van der Waals surface area contributed by atoms with Crippen LogP contribution in [-0.2, 0) is 20.6 Å². The van der Waals surface area contributed by atoms with Gasteiger partial charge in [0.2, 0.25) is 0 Å². The summed E-state index contributed by atoms with van der Waals surface area (Å²) in [4.78, 5) is 9.71. The lowest BCUT2D eigenvalue weighted by Gasteiger charge is -2.41. The monoisotopic (exact) mass is 573 g/mol. The van der Waals surface area contributed by atoms with Gasteiger partial charge >= 0.3 is 0 Å². The van der Waals surface area contributed by atoms with Crippen molar-refractivity contribution in [3.05, 3.63) is 24.0 Å². The lowest BCUT2D eigenvalue weighted by Crippen LogP contribution is -2.53. The summed E-state index contributed by atoms with van der Waals surface area (Å²) in [5.41, 5.74) is 1.30. The van der Waals surface area contributed by atoms with Crippen molar-refractivity contribution in [1.82, 2.24) is 14.8 Å². The highest BCUT2D eigenvalue weighted by Gasteiger charge is 2.34. The van der Waals surface area contributed by atoms with Gasteiger partial charge in [0.15, 0.2) is 0 Å². The van der Waals surface area contributed by atoms with E-state index in [2.05, 4.69) is 70.4 Å². The van der Waals surface area contributed by atoms with Crippen molar-refractivity contribution in [2.75, 3.05) is 52.5 Å². The lowest BCUT2D eigenvalue weighted by atomic mass is 9.76. The van der Waals surface area contributed by atoms with Gasteiger partial charge in [0.05, 0.1) is 36.7 Å². The van der Waals surface area contributed by atoms with E-state index in [1.807, 2.05) is 6.20 Å². The van der Waals surface area contributed by atoms with Crippen molar-refractivity contribution < 1.29 is 18.9 Å². The first-order chi connectivity index (χ1) is 19.5. The average molecular weight is 574 g/mol. The molecule has 0 N–H and O–H groups in total. The Bertz CT molecular complexity index is 877. The van der Waals surface area contributed by atoms with Crippen LogP contribution in [0.3, 0.4) is 0 Å². The predicted octanol–water partition coefficient (Wildman–Crippen LogP) is 5.99. The largest absolute Gasteiger partial charge is 0.489 e. The smallest absolute Gasteiger partial charge is 0.138 e. The maximum absolute atomic E-state index is 6.29. The van der Waals surface area contributed by atoms with Crippen LogP contribution < -0.4 is 4.74 Å². The molecule has 3 fully saturated rings. The molecule has 1 saturated carbocycles. The molecule has 1 aromatic rings. The molecule has 0 radical (unpaired) electrons. The van der Waals surface area contributed by atoms with Gasteiger partial charge in [-0.05, 0) is 82.9 Å². The van der Waals surface area contributed by atoms with Gasteiger partial charge in [0.1, 0.15) is 11.9 Å². The molecule has 2 saturated heterocycles. The van der Waals surface area contributed by atoms with Crippen LogP contribution in [0.5, 0.6) is 5.75 Å². The fourth-order valence-electron chi connectivity index (χ4n) is 6.29. The third kappa shape index (κ3) is 11.1. The highest BCUT2D eigenvalue weighted by Crippen LogP contribution is 2.33. The van der Waals surface area contributed by atoms with Crippen molar-refractivity contribution in [2.24, 2.45) is 11.3 Å². The second-order valence-electron chi connectivity index (χ2n) is 14.7. The van der Waals surface area contributed by atoms with E-state index in [-0.39, 0.29) is 17.1 Å². The van der Waals surface area contributed by atoms with E-state index < -0.39 is 0 Å². The van der Waals surface area contributed by atoms with Crippen molar-refractivity contribution in [1.29, 1.82) is 0 Å². The molecule has 1 unspecified atom stereocenters. The SMILES string of the molecule is CCN1CC(OC2CCN(CCOCCC(CCc3ccc(OC4CC(OC(C)(C)C)C4)cn3)C(C)(C)C)CC2)C1. The normalized spacial score (nSPS) is 24.2. The Kier molecular flexibility index (Phi) is 11.9. The molecule has 4 rings (SSSR count). The molecule has 1 aliphatic carbocycles. The minimum absolute atomic E-state index is 0.0877. The van der Waals surface area contributed by atoms with Gasteiger partial charge in [0, 0.05) is 57.9 Å². The molecule has 0 aromatic carbocycles. The predicted molar refractivity (Wildman–Crippen MR) is 166 cm³/mol. The first kappa shape index (κ1) is 32.7. The van der Waals surface area contributed by atoms with Crippen LogP contribution in [0, 0.1) is 11.3 Å². The molecule has 0 bridgehead atoms. The van der Waals surface area contributed by atoms with Crippen LogP contribution in [0.25, 0.3) is 0 Å². The number of hydrogen-bond acceptors (Lipinski definition) is 7. The zero-order valence-corrected chi connectivity index (χ0v) is 27.2. The van der Waals surface area contributed by atoms with Gasteiger partial charge < -0.3 is 23.8 Å². The summed E-state index contributed by atoms with van der Waals surface area (Å²) in [5, 5.41) is 0. The number of pyridine rings is 1. The van der Waals surface area contributed by atoms with Crippen LogP contribution in [-0.4, -0.2) is 97.3 Å². The standard InChI is InChI=1S/C34H59N3O4/c1-8-36-24-32(25-36)39-28-13-16-37(17-14-28)18-20-38-19-15-26(33(2,3)4)9-10-27-11-12-29(23-35-27)40-30-21-31(22-30)41-34(5,6)7/h11-12,23,26,28,30-32H,8-10,13-22,24-25H2,1-7H3. The summed E-state index contributed by atoms with van der Waals surface area (Å²) in [6.07, 6.45) is 10.8. The van der Waals surface area contributed by atoms with Gasteiger partial charge in [-0.1, -0.05) is 27.7 Å². The van der Waals surface area contributed by atoms with Crippen molar-refractivity contribution in [2.45, 2.75) is 123 Å². The van der Waals surface area contributed by atoms with E-state index in [1.54, 1.807) is 0 Å². The fourth-order valence-corrected chi connectivity index (χ4v) is 6.29. The van der Waals surface area contributed by atoms with Crippen LogP contribution in [0.2, 0.25) is 0 Å². The van der Waals surface area contributed by atoms with Crippen molar-refractivity contribution in [3.63, 3.8) is 0 Å². The molecule has 0 spiro atoms. The zero-order chi connectivity index (χ0) is 29.5. The molecule has 234 valence electrons. The van der Waals surface area contributed by atoms with E-state index in [0.29, 0.717) is 24.2 Å². The highest BCUT2D eigenvalue weighted by atomic mass is 16.5. The number of aromatic nitrogens is 1. The van der Waals surface area contributed by atoms with Crippen LogP contribution >= 0.6 is 0 Å². The Morgan fingerprint density at radius 3 is 2.22 bits per heavy atom. The molecule has 41 heavy (non-hydrogen) atoms.